The van der Waals surface area contributed by atoms with Crippen LogP contribution in [-0.4, -0.2) is 53.0 Å². The summed E-state index contributed by atoms with van der Waals surface area (Å²) in [6.45, 7) is 1.49. The highest BCUT2D eigenvalue weighted by molar-refractivity contribution is 6.42. The number of oxime groups is 1. The average molecular weight is 343 g/mol. The largest absolute Gasteiger partial charge is 0.507 e. The molecule has 2 atom stereocenters. The first-order valence-electron chi connectivity index (χ1n) is 8.14. The third-order valence-electron chi connectivity index (χ3n) is 5.17. The number of allylic oxidation sites excluding steroid dienone is 1. The van der Waals surface area contributed by atoms with E-state index >= 15 is 0 Å². The Morgan fingerprint density at radius 2 is 2.20 bits per heavy atom. The molecule has 1 aliphatic carbocycles. The van der Waals surface area contributed by atoms with E-state index in [1.807, 2.05) is 7.05 Å². The lowest BCUT2D eigenvalue weighted by Gasteiger charge is -2.36. The fraction of sp³-hybridized carbons (Fsp3) is 0.333. The van der Waals surface area contributed by atoms with E-state index in [1.54, 1.807) is 6.08 Å². The number of benzene rings is 1. The van der Waals surface area contributed by atoms with E-state index in [9.17, 15) is 19.5 Å². The van der Waals surface area contributed by atoms with Gasteiger partial charge in [0, 0.05) is 18.7 Å². The number of phenolic OH excluding ortho intramolecular Hbond substituents is 1. The second-order valence-electron chi connectivity index (χ2n) is 6.70. The number of carbonyl (C=O) groups excluding carboxylic acids is 1. The molecule has 2 heterocycles. The predicted octanol–water partition coefficient (Wildman–Crippen LogP) is 1.51. The highest BCUT2D eigenvalue weighted by Gasteiger charge is 2.45. The lowest BCUT2D eigenvalue weighted by atomic mass is 9.76. The third kappa shape index (κ3) is 2.42. The number of halogens is 1. The SMILES string of the molecule is CN1CCC2=C(C1)C1NC(=O)/C(=N\O)C1C=C2c1cc(F)ccc1O. The Morgan fingerprint density at radius 3 is 2.96 bits per heavy atom. The van der Waals surface area contributed by atoms with Gasteiger partial charge in [-0.25, -0.2) is 4.39 Å². The van der Waals surface area contributed by atoms with E-state index in [1.165, 1.54) is 18.2 Å². The van der Waals surface area contributed by atoms with Crippen molar-refractivity contribution in [1.82, 2.24) is 10.2 Å². The molecule has 25 heavy (non-hydrogen) atoms. The van der Waals surface area contributed by atoms with Crippen molar-refractivity contribution in [2.24, 2.45) is 11.1 Å². The van der Waals surface area contributed by atoms with Gasteiger partial charge < -0.3 is 20.5 Å². The second kappa shape index (κ2) is 5.70. The van der Waals surface area contributed by atoms with Crippen LogP contribution in [0.3, 0.4) is 0 Å². The molecule has 1 aromatic rings. The van der Waals surface area contributed by atoms with Gasteiger partial charge in [-0.3, -0.25) is 4.79 Å². The standard InChI is InChI=1S/C18H18FN3O3/c1-22-5-4-10-11(12-6-9(19)2-3-15(12)23)7-13-16(14(10)8-22)20-18(24)17(13)21-25/h2-3,6-7,13,16,23,25H,4-5,8H2,1H3,(H,20,24)/b21-17-. The van der Waals surface area contributed by atoms with Gasteiger partial charge in [0.25, 0.3) is 5.91 Å². The van der Waals surface area contributed by atoms with Crippen LogP contribution in [0, 0.1) is 11.7 Å². The van der Waals surface area contributed by atoms with Crippen LogP contribution < -0.4 is 5.32 Å². The molecular formula is C18H18FN3O3. The molecule has 0 aromatic heterocycles. The summed E-state index contributed by atoms with van der Waals surface area (Å²) in [5, 5.41) is 25.5. The average Bonchev–Trinajstić information content (AvgIpc) is 2.91. The van der Waals surface area contributed by atoms with Crippen molar-refractivity contribution in [1.29, 1.82) is 0 Å². The molecule has 0 spiro atoms. The smallest absolute Gasteiger partial charge is 0.270 e. The van der Waals surface area contributed by atoms with Crippen molar-refractivity contribution in [3.63, 3.8) is 0 Å². The fourth-order valence-corrected chi connectivity index (χ4v) is 3.98. The number of hydrogen-bond donors (Lipinski definition) is 3. The Labute approximate surface area is 143 Å². The van der Waals surface area contributed by atoms with E-state index < -0.39 is 17.6 Å². The highest BCUT2D eigenvalue weighted by Crippen LogP contribution is 2.43. The van der Waals surface area contributed by atoms with Gasteiger partial charge in [-0.05, 0) is 48.4 Å². The van der Waals surface area contributed by atoms with Gasteiger partial charge in [0.15, 0.2) is 5.71 Å². The molecule has 7 heteroatoms. The molecule has 2 aliphatic heterocycles. The maximum Gasteiger partial charge on any atom is 0.270 e. The van der Waals surface area contributed by atoms with Crippen molar-refractivity contribution in [3.05, 3.63) is 46.8 Å². The van der Waals surface area contributed by atoms with Crippen LogP contribution in [-0.2, 0) is 4.79 Å². The molecule has 4 rings (SSSR count). The minimum absolute atomic E-state index is 0.0170. The van der Waals surface area contributed by atoms with Gasteiger partial charge in [0.05, 0.1) is 12.0 Å². The zero-order chi connectivity index (χ0) is 17.7. The summed E-state index contributed by atoms with van der Waals surface area (Å²) >= 11 is 0. The zero-order valence-electron chi connectivity index (χ0n) is 13.7. The monoisotopic (exact) mass is 343 g/mol. The molecule has 0 bridgehead atoms. The third-order valence-corrected chi connectivity index (χ3v) is 5.17. The molecule has 0 radical (unpaired) electrons. The Kier molecular flexibility index (Phi) is 3.61. The van der Waals surface area contributed by atoms with Gasteiger partial charge in [-0.1, -0.05) is 11.2 Å². The number of likely N-dealkylation sites (N-methyl/N-ethyl adjacent to an activating group) is 1. The van der Waals surface area contributed by atoms with Gasteiger partial charge in [-0.2, -0.15) is 0 Å². The van der Waals surface area contributed by atoms with E-state index in [-0.39, 0.29) is 17.5 Å². The number of carbonyl (C=O) groups is 1. The Hall–Kier alpha value is -2.67. The molecule has 3 aliphatic rings. The zero-order valence-corrected chi connectivity index (χ0v) is 13.7. The van der Waals surface area contributed by atoms with Gasteiger partial charge in [-0.15, -0.1) is 0 Å². The van der Waals surface area contributed by atoms with Gasteiger partial charge in [0.2, 0.25) is 0 Å². The number of phenols is 1. The maximum absolute atomic E-state index is 13.8. The number of hydrogen-bond acceptors (Lipinski definition) is 5. The summed E-state index contributed by atoms with van der Waals surface area (Å²) in [5.41, 5.74) is 3.18. The van der Waals surface area contributed by atoms with Crippen molar-refractivity contribution in [2.45, 2.75) is 12.5 Å². The molecule has 1 fully saturated rings. The van der Waals surface area contributed by atoms with Crippen LogP contribution in [0.5, 0.6) is 5.75 Å². The minimum atomic E-state index is -0.444. The number of nitrogens with zero attached hydrogens (tertiary/aromatic N) is 2. The molecule has 2 unspecified atom stereocenters. The normalized spacial score (nSPS) is 27.8. The Balaban J connectivity index is 1.91. The lowest BCUT2D eigenvalue weighted by molar-refractivity contribution is -0.114. The first-order valence-corrected chi connectivity index (χ1v) is 8.14. The fourth-order valence-electron chi connectivity index (χ4n) is 3.98. The quantitative estimate of drug-likeness (QED) is 0.533. The Morgan fingerprint density at radius 1 is 1.40 bits per heavy atom. The molecule has 0 saturated carbocycles. The molecule has 1 aromatic carbocycles. The van der Waals surface area contributed by atoms with E-state index in [0.29, 0.717) is 17.7 Å². The second-order valence-corrected chi connectivity index (χ2v) is 6.70. The van der Waals surface area contributed by atoms with Crippen molar-refractivity contribution >= 4 is 17.2 Å². The number of fused-ring (bicyclic) bond motifs is 2. The van der Waals surface area contributed by atoms with E-state index in [2.05, 4.69) is 15.4 Å². The molecular weight excluding hydrogens is 325 g/mol. The van der Waals surface area contributed by atoms with Crippen molar-refractivity contribution < 1.29 is 19.5 Å². The maximum atomic E-state index is 13.8. The molecule has 1 saturated heterocycles. The topological polar surface area (TPSA) is 85.2 Å². The van der Waals surface area contributed by atoms with E-state index in [4.69, 9.17) is 0 Å². The van der Waals surface area contributed by atoms with Crippen LogP contribution in [0.4, 0.5) is 4.39 Å². The summed E-state index contributed by atoms with van der Waals surface area (Å²) in [5.74, 6) is -1.31. The number of nitrogens with one attached hydrogen (secondary N) is 1. The van der Waals surface area contributed by atoms with Gasteiger partial charge in [0.1, 0.15) is 11.6 Å². The molecule has 1 amide bonds. The molecule has 130 valence electrons. The lowest BCUT2D eigenvalue weighted by Crippen LogP contribution is -2.41. The van der Waals surface area contributed by atoms with Crippen molar-refractivity contribution in [3.8, 4) is 5.75 Å². The Bertz CT molecular complexity index is 859. The van der Waals surface area contributed by atoms with Crippen LogP contribution >= 0.6 is 0 Å². The summed E-state index contributed by atoms with van der Waals surface area (Å²) in [6, 6.07) is 3.56. The van der Waals surface area contributed by atoms with Crippen LogP contribution in [0.1, 0.15) is 12.0 Å². The van der Waals surface area contributed by atoms with Crippen LogP contribution in [0.15, 0.2) is 40.6 Å². The summed E-state index contributed by atoms with van der Waals surface area (Å²) < 4.78 is 13.8. The van der Waals surface area contributed by atoms with Crippen LogP contribution in [0.25, 0.3) is 5.57 Å². The van der Waals surface area contributed by atoms with Gasteiger partial charge >= 0.3 is 0 Å². The predicted molar refractivity (Wildman–Crippen MR) is 89.8 cm³/mol. The molecule has 3 N–H and O–H groups in total. The number of aromatic hydroxyl groups is 1. The van der Waals surface area contributed by atoms with E-state index in [0.717, 1.165) is 24.1 Å². The number of rotatable bonds is 1. The molecule has 6 nitrogen and oxygen atoms in total. The van der Waals surface area contributed by atoms with Crippen molar-refractivity contribution in [2.75, 3.05) is 20.1 Å². The summed E-state index contributed by atoms with van der Waals surface area (Å²) in [4.78, 5) is 14.3. The first kappa shape index (κ1) is 15.8. The number of amides is 1. The first-order chi connectivity index (χ1) is 12.0. The minimum Gasteiger partial charge on any atom is -0.507 e. The van der Waals surface area contributed by atoms with Crippen LogP contribution in [0.2, 0.25) is 0 Å². The summed E-state index contributed by atoms with van der Waals surface area (Å²) in [7, 11) is 1.99. The summed E-state index contributed by atoms with van der Waals surface area (Å²) in [6.07, 6.45) is 2.54. The highest BCUT2D eigenvalue weighted by atomic mass is 19.1.